The third kappa shape index (κ3) is 5.38. The van der Waals surface area contributed by atoms with Gasteiger partial charge in [0.25, 0.3) is 0 Å². The van der Waals surface area contributed by atoms with Gasteiger partial charge in [0.1, 0.15) is 11.6 Å². The Morgan fingerprint density at radius 1 is 1.06 bits per heavy atom. The average molecular weight is 469 g/mol. The molecule has 1 fully saturated rings. The largest absolute Gasteiger partial charge is 0.497 e. The van der Waals surface area contributed by atoms with Gasteiger partial charge in [-0.05, 0) is 73.8 Å². The lowest BCUT2D eigenvalue weighted by molar-refractivity contribution is -0.121. The molecule has 1 N–H and O–H groups in total. The summed E-state index contributed by atoms with van der Waals surface area (Å²) in [5.74, 6) is 1.96. The van der Waals surface area contributed by atoms with E-state index in [-0.39, 0.29) is 11.8 Å². The molecule has 6 nitrogen and oxygen atoms in total. The molecule has 0 saturated carbocycles. The van der Waals surface area contributed by atoms with Crippen LogP contribution in [0.15, 0.2) is 72.8 Å². The van der Waals surface area contributed by atoms with Gasteiger partial charge in [-0.25, -0.2) is 4.98 Å². The van der Waals surface area contributed by atoms with Crippen molar-refractivity contribution in [1.82, 2.24) is 14.5 Å². The summed E-state index contributed by atoms with van der Waals surface area (Å²) in [6.07, 6.45) is 1.92. The summed E-state index contributed by atoms with van der Waals surface area (Å²) in [6, 6.07) is 24.5. The molecule has 35 heavy (non-hydrogen) atoms. The van der Waals surface area contributed by atoms with E-state index in [9.17, 15) is 4.79 Å². The third-order valence-corrected chi connectivity index (χ3v) is 6.76. The number of carbonyl (C=O) groups is 1. The van der Waals surface area contributed by atoms with Gasteiger partial charge in [0.2, 0.25) is 5.91 Å². The van der Waals surface area contributed by atoms with Crippen molar-refractivity contribution in [3.8, 4) is 5.75 Å². The van der Waals surface area contributed by atoms with Crippen molar-refractivity contribution < 1.29 is 9.53 Å². The number of ether oxygens (including phenoxy) is 1. The lowest BCUT2D eigenvalue weighted by atomic mass is 9.97. The molecule has 0 radical (unpaired) electrons. The zero-order valence-electron chi connectivity index (χ0n) is 20.4. The molecule has 1 aliphatic rings. The van der Waals surface area contributed by atoms with Gasteiger partial charge in [0.15, 0.2) is 0 Å². The van der Waals surface area contributed by atoms with E-state index in [1.165, 1.54) is 5.56 Å². The first-order valence-electron chi connectivity index (χ1n) is 12.3. The number of amides is 1. The van der Waals surface area contributed by atoms with E-state index in [1.807, 2.05) is 49.4 Å². The second-order valence-electron chi connectivity index (χ2n) is 9.38. The highest BCUT2D eigenvalue weighted by Crippen LogP contribution is 2.24. The standard InChI is InChI=1S/C29H32N4O2/c1-21-7-5-9-24(17-21)30-29(34)23-8-6-16-32(19-23)20-28-31-26-10-3-4-11-27(26)33(28)18-22-12-14-25(35-2)15-13-22/h3-5,7,9-15,17,23H,6,8,16,18-20H2,1-2H3,(H,30,34)/t23-/m1/s1. The van der Waals surface area contributed by atoms with Gasteiger partial charge in [0, 0.05) is 18.8 Å². The fraction of sp³-hybridized carbons (Fsp3) is 0.310. The Bertz CT molecular complexity index is 1310. The second kappa shape index (κ2) is 10.3. The first-order valence-corrected chi connectivity index (χ1v) is 12.3. The van der Waals surface area contributed by atoms with Crippen LogP contribution in [0.1, 0.15) is 29.8 Å². The highest BCUT2D eigenvalue weighted by atomic mass is 16.5. The maximum atomic E-state index is 13.0. The number of aryl methyl sites for hydroxylation is 1. The first kappa shape index (κ1) is 23.1. The Kier molecular flexibility index (Phi) is 6.82. The van der Waals surface area contributed by atoms with Crippen molar-refractivity contribution >= 4 is 22.6 Å². The fourth-order valence-corrected chi connectivity index (χ4v) is 4.92. The minimum Gasteiger partial charge on any atom is -0.497 e. The quantitative estimate of drug-likeness (QED) is 0.402. The van der Waals surface area contributed by atoms with Gasteiger partial charge in [-0.1, -0.05) is 36.4 Å². The molecule has 4 aromatic rings. The van der Waals surface area contributed by atoms with Gasteiger partial charge in [0.05, 0.1) is 30.6 Å². The molecule has 1 aliphatic heterocycles. The third-order valence-electron chi connectivity index (χ3n) is 6.76. The topological polar surface area (TPSA) is 59.4 Å². The summed E-state index contributed by atoms with van der Waals surface area (Å²) in [5.41, 5.74) is 5.34. The average Bonchev–Trinajstić information content (AvgIpc) is 3.21. The number of nitrogens with zero attached hydrogens (tertiary/aromatic N) is 3. The number of aromatic nitrogens is 2. The van der Waals surface area contributed by atoms with Gasteiger partial charge < -0.3 is 14.6 Å². The Morgan fingerprint density at radius 2 is 1.89 bits per heavy atom. The maximum Gasteiger partial charge on any atom is 0.228 e. The molecule has 3 aromatic carbocycles. The molecule has 0 unspecified atom stereocenters. The SMILES string of the molecule is COc1ccc(Cn2c(CN3CCC[C@@H](C(=O)Nc4cccc(C)c4)C3)nc3ccccc32)cc1. The molecule has 0 bridgehead atoms. The fourth-order valence-electron chi connectivity index (χ4n) is 4.92. The van der Waals surface area contributed by atoms with E-state index in [1.54, 1.807) is 7.11 Å². The molecule has 1 saturated heterocycles. The number of para-hydroxylation sites is 2. The molecule has 1 atom stereocenters. The summed E-state index contributed by atoms with van der Waals surface area (Å²) in [7, 11) is 1.68. The van der Waals surface area contributed by atoms with Crippen molar-refractivity contribution in [3.05, 3.63) is 89.7 Å². The molecule has 180 valence electrons. The van der Waals surface area contributed by atoms with E-state index in [0.717, 1.165) is 72.9 Å². The molecule has 1 amide bonds. The summed E-state index contributed by atoms with van der Waals surface area (Å²) in [4.78, 5) is 20.4. The number of benzene rings is 3. The van der Waals surface area contributed by atoms with Gasteiger partial charge in [-0.15, -0.1) is 0 Å². The van der Waals surface area contributed by atoms with Crippen LogP contribution in [0.4, 0.5) is 5.69 Å². The van der Waals surface area contributed by atoms with E-state index < -0.39 is 0 Å². The van der Waals surface area contributed by atoms with E-state index >= 15 is 0 Å². The summed E-state index contributed by atoms with van der Waals surface area (Å²) >= 11 is 0. The molecule has 6 heteroatoms. The smallest absolute Gasteiger partial charge is 0.228 e. The highest BCUT2D eigenvalue weighted by molar-refractivity contribution is 5.92. The van der Waals surface area contributed by atoms with Crippen LogP contribution in [0, 0.1) is 12.8 Å². The van der Waals surface area contributed by atoms with Crippen molar-refractivity contribution in [2.45, 2.75) is 32.9 Å². The van der Waals surface area contributed by atoms with Crippen LogP contribution in [-0.2, 0) is 17.9 Å². The summed E-state index contributed by atoms with van der Waals surface area (Å²) in [5, 5.41) is 3.12. The van der Waals surface area contributed by atoms with Crippen molar-refractivity contribution in [1.29, 1.82) is 0 Å². The summed E-state index contributed by atoms with van der Waals surface area (Å²) < 4.78 is 7.61. The molecule has 1 aromatic heterocycles. The number of anilines is 1. The minimum atomic E-state index is -0.0244. The van der Waals surface area contributed by atoms with Crippen LogP contribution in [0.5, 0.6) is 5.75 Å². The van der Waals surface area contributed by atoms with Crippen LogP contribution in [0.25, 0.3) is 11.0 Å². The zero-order valence-corrected chi connectivity index (χ0v) is 20.4. The van der Waals surface area contributed by atoms with Crippen molar-refractivity contribution in [2.75, 3.05) is 25.5 Å². The predicted molar refractivity (Wildman–Crippen MR) is 140 cm³/mol. The zero-order chi connectivity index (χ0) is 24.2. The number of fused-ring (bicyclic) bond motifs is 1. The number of hydrogen-bond acceptors (Lipinski definition) is 4. The number of methoxy groups -OCH3 is 1. The number of hydrogen-bond donors (Lipinski definition) is 1. The van der Waals surface area contributed by atoms with Crippen molar-refractivity contribution in [3.63, 3.8) is 0 Å². The van der Waals surface area contributed by atoms with Crippen LogP contribution in [0.2, 0.25) is 0 Å². The normalized spacial score (nSPS) is 16.3. The first-order chi connectivity index (χ1) is 17.1. The molecule has 0 spiro atoms. The van der Waals surface area contributed by atoms with E-state index in [0.29, 0.717) is 0 Å². The number of carbonyl (C=O) groups excluding carboxylic acids is 1. The van der Waals surface area contributed by atoms with Crippen LogP contribution in [-0.4, -0.2) is 40.6 Å². The van der Waals surface area contributed by atoms with Crippen molar-refractivity contribution in [2.24, 2.45) is 5.92 Å². The Hall–Kier alpha value is -3.64. The molecular formula is C29H32N4O2. The second-order valence-corrected chi connectivity index (χ2v) is 9.38. The van der Waals surface area contributed by atoms with Gasteiger partial charge in [-0.3, -0.25) is 9.69 Å². The Morgan fingerprint density at radius 3 is 2.69 bits per heavy atom. The Labute approximate surface area is 206 Å². The predicted octanol–water partition coefficient (Wildman–Crippen LogP) is 5.25. The number of nitrogens with one attached hydrogen (secondary N) is 1. The van der Waals surface area contributed by atoms with Crippen LogP contribution < -0.4 is 10.1 Å². The summed E-state index contributed by atoms with van der Waals surface area (Å²) in [6.45, 7) is 5.21. The van der Waals surface area contributed by atoms with Crippen LogP contribution in [0.3, 0.4) is 0 Å². The molecule has 2 heterocycles. The maximum absolute atomic E-state index is 13.0. The highest BCUT2D eigenvalue weighted by Gasteiger charge is 2.27. The molecule has 5 rings (SSSR count). The minimum absolute atomic E-state index is 0.0244. The lowest BCUT2D eigenvalue weighted by Crippen LogP contribution is -2.40. The van der Waals surface area contributed by atoms with Gasteiger partial charge in [-0.2, -0.15) is 0 Å². The Balaban J connectivity index is 1.33. The van der Waals surface area contributed by atoms with Crippen LogP contribution >= 0.6 is 0 Å². The number of likely N-dealkylation sites (tertiary alicyclic amines) is 1. The van der Waals surface area contributed by atoms with Gasteiger partial charge >= 0.3 is 0 Å². The number of imidazole rings is 1. The molecular weight excluding hydrogens is 436 g/mol. The lowest BCUT2D eigenvalue weighted by Gasteiger charge is -2.31. The number of piperidine rings is 1. The number of rotatable bonds is 7. The van der Waals surface area contributed by atoms with E-state index in [2.05, 4.69) is 45.1 Å². The van der Waals surface area contributed by atoms with E-state index in [4.69, 9.17) is 9.72 Å². The monoisotopic (exact) mass is 468 g/mol. The molecule has 0 aliphatic carbocycles.